The highest BCUT2D eigenvalue weighted by molar-refractivity contribution is 7.80. The highest BCUT2D eigenvalue weighted by atomic mass is 32.1. The fourth-order valence-corrected chi connectivity index (χ4v) is 4.59. The molecule has 1 aliphatic heterocycles. The van der Waals surface area contributed by atoms with Crippen molar-refractivity contribution in [1.29, 1.82) is 0 Å². The van der Waals surface area contributed by atoms with Crippen LogP contribution in [0.1, 0.15) is 34.7 Å². The first-order valence-electron chi connectivity index (χ1n) is 9.97. The van der Waals surface area contributed by atoms with E-state index in [9.17, 15) is 5.11 Å². The van der Waals surface area contributed by atoms with Crippen LogP contribution in [0.3, 0.4) is 0 Å². The summed E-state index contributed by atoms with van der Waals surface area (Å²) in [5, 5.41) is 14.6. The molecule has 1 aromatic carbocycles. The lowest BCUT2D eigenvalue weighted by molar-refractivity contribution is 0.186. The van der Waals surface area contributed by atoms with Crippen LogP contribution >= 0.6 is 12.2 Å². The number of ether oxygens (including phenoxy) is 1. The van der Waals surface area contributed by atoms with Crippen molar-refractivity contribution in [3.8, 4) is 5.75 Å². The molecular weight excluding hydrogens is 396 g/mol. The molecule has 2 atom stereocenters. The molecule has 0 saturated carbocycles. The number of nitrogens with one attached hydrogen (secondary N) is 1. The van der Waals surface area contributed by atoms with E-state index in [1.54, 1.807) is 19.4 Å². The maximum Gasteiger partial charge on any atom is 0.174 e. The molecule has 0 unspecified atom stereocenters. The zero-order valence-corrected chi connectivity index (χ0v) is 18.2. The smallest absolute Gasteiger partial charge is 0.174 e. The number of aryl methyl sites for hydroxylation is 1. The van der Waals surface area contributed by atoms with Crippen molar-refractivity contribution in [2.75, 3.05) is 18.6 Å². The zero-order valence-electron chi connectivity index (χ0n) is 17.4. The van der Waals surface area contributed by atoms with Crippen molar-refractivity contribution in [1.82, 2.24) is 14.9 Å². The van der Waals surface area contributed by atoms with Gasteiger partial charge in [-0.2, -0.15) is 0 Å². The summed E-state index contributed by atoms with van der Waals surface area (Å²) in [7, 11) is 1.71. The van der Waals surface area contributed by atoms with Crippen LogP contribution in [0.15, 0.2) is 54.7 Å². The third kappa shape index (κ3) is 3.55. The quantitative estimate of drug-likeness (QED) is 0.585. The number of phenolic OH excluding ortho intramolecular Hbond substituents is 1. The van der Waals surface area contributed by atoms with E-state index in [1.807, 2.05) is 41.3 Å². The van der Waals surface area contributed by atoms with Gasteiger partial charge in [-0.1, -0.05) is 18.2 Å². The lowest BCUT2D eigenvalue weighted by Crippen LogP contribution is -2.29. The Morgan fingerprint density at radius 2 is 1.93 bits per heavy atom. The van der Waals surface area contributed by atoms with Gasteiger partial charge in [0, 0.05) is 31.2 Å². The fraction of sp³-hybridized carbons (Fsp3) is 0.304. The van der Waals surface area contributed by atoms with Crippen LogP contribution in [0.4, 0.5) is 5.69 Å². The molecule has 30 heavy (non-hydrogen) atoms. The molecule has 7 heteroatoms. The van der Waals surface area contributed by atoms with E-state index < -0.39 is 0 Å². The number of thiocarbonyl (C=S) groups is 1. The lowest BCUT2D eigenvalue weighted by atomic mass is 9.96. The molecule has 0 bridgehead atoms. The minimum atomic E-state index is -0.150. The van der Waals surface area contributed by atoms with Gasteiger partial charge < -0.3 is 24.6 Å². The number of aromatic hydroxyl groups is 1. The summed E-state index contributed by atoms with van der Waals surface area (Å²) in [5.74, 6) is 0.196. The molecule has 156 valence electrons. The molecule has 2 aromatic heterocycles. The maximum atomic E-state index is 10.6. The number of phenols is 1. The standard InChI is InChI=1S/C23H26N4O2S/c1-15-14-17(16(2)26(15)12-13-29-3)22-21(18-8-6-7-11-24-18)25-23(30)27(22)19-9-4-5-10-20(19)28/h4-11,14,21-22,28H,12-13H2,1-3H3,(H,25,30)/t21-,22-/m0/s1. The normalized spacial score (nSPS) is 18.6. The lowest BCUT2D eigenvalue weighted by Gasteiger charge is -2.28. The van der Waals surface area contributed by atoms with Gasteiger partial charge in [-0.15, -0.1) is 0 Å². The molecule has 6 nitrogen and oxygen atoms in total. The van der Waals surface area contributed by atoms with Crippen LogP contribution < -0.4 is 10.2 Å². The van der Waals surface area contributed by atoms with Gasteiger partial charge in [-0.05, 0) is 62.0 Å². The van der Waals surface area contributed by atoms with Crippen LogP contribution in [0.2, 0.25) is 0 Å². The monoisotopic (exact) mass is 422 g/mol. The van der Waals surface area contributed by atoms with Crippen LogP contribution in [0.5, 0.6) is 5.75 Å². The zero-order chi connectivity index (χ0) is 21.3. The number of benzene rings is 1. The Bertz CT molecular complexity index is 1050. The third-order valence-electron chi connectivity index (χ3n) is 5.69. The van der Waals surface area contributed by atoms with Crippen molar-refractivity contribution in [2.45, 2.75) is 32.5 Å². The Labute approximate surface area is 182 Å². The van der Waals surface area contributed by atoms with Gasteiger partial charge in [0.25, 0.3) is 0 Å². The van der Waals surface area contributed by atoms with Crippen LogP contribution in [-0.4, -0.2) is 33.5 Å². The minimum Gasteiger partial charge on any atom is -0.506 e. The first-order valence-corrected chi connectivity index (χ1v) is 10.4. The van der Waals surface area contributed by atoms with Gasteiger partial charge in [-0.25, -0.2) is 0 Å². The first kappa shape index (κ1) is 20.4. The van der Waals surface area contributed by atoms with Crippen molar-refractivity contribution >= 4 is 23.0 Å². The van der Waals surface area contributed by atoms with Crippen LogP contribution in [0, 0.1) is 13.8 Å². The van der Waals surface area contributed by atoms with E-state index in [0.29, 0.717) is 17.4 Å². The van der Waals surface area contributed by atoms with Crippen LogP contribution in [0.25, 0.3) is 0 Å². The maximum absolute atomic E-state index is 10.6. The van der Waals surface area contributed by atoms with Crippen molar-refractivity contribution in [3.05, 3.63) is 77.4 Å². The highest BCUT2D eigenvalue weighted by Gasteiger charge is 2.42. The number of rotatable bonds is 6. The molecule has 3 heterocycles. The van der Waals surface area contributed by atoms with Crippen LogP contribution in [-0.2, 0) is 11.3 Å². The van der Waals surface area contributed by atoms with Crippen molar-refractivity contribution < 1.29 is 9.84 Å². The second kappa shape index (κ2) is 8.45. The van der Waals surface area contributed by atoms with Gasteiger partial charge in [0.05, 0.1) is 30.1 Å². The minimum absolute atomic E-state index is 0.144. The molecule has 4 rings (SSSR count). The number of hydrogen-bond acceptors (Lipinski definition) is 4. The number of anilines is 1. The summed E-state index contributed by atoms with van der Waals surface area (Å²) < 4.78 is 7.56. The molecule has 1 aliphatic rings. The first-order chi connectivity index (χ1) is 14.5. The van der Waals surface area contributed by atoms with Gasteiger partial charge in [-0.3, -0.25) is 4.98 Å². The Hall–Kier alpha value is -2.90. The van der Waals surface area contributed by atoms with Gasteiger partial charge >= 0.3 is 0 Å². The van der Waals surface area contributed by atoms with Crippen molar-refractivity contribution in [2.24, 2.45) is 0 Å². The summed E-state index contributed by atoms with van der Waals surface area (Å²) in [4.78, 5) is 6.60. The molecule has 2 N–H and O–H groups in total. The van der Waals surface area contributed by atoms with E-state index in [0.717, 1.165) is 29.2 Å². The number of para-hydroxylation sites is 2. The van der Waals surface area contributed by atoms with Gasteiger partial charge in [0.2, 0.25) is 0 Å². The molecule has 0 spiro atoms. The Kier molecular flexibility index (Phi) is 5.74. The molecule has 3 aromatic rings. The molecule has 0 amide bonds. The molecule has 1 saturated heterocycles. The predicted molar refractivity (Wildman–Crippen MR) is 122 cm³/mol. The SMILES string of the molecule is COCCn1c(C)cc([C@H]2[C@H](c3ccccn3)NC(=S)N2c2ccccc2O)c1C. The third-order valence-corrected chi connectivity index (χ3v) is 6.00. The number of hydrogen-bond donors (Lipinski definition) is 2. The number of nitrogens with zero attached hydrogens (tertiary/aromatic N) is 3. The Balaban J connectivity index is 1.86. The average Bonchev–Trinajstić information content (AvgIpc) is 3.23. The fourth-order valence-electron chi connectivity index (χ4n) is 4.25. The van der Waals surface area contributed by atoms with Gasteiger partial charge in [0.1, 0.15) is 5.75 Å². The summed E-state index contributed by atoms with van der Waals surface area (Å²) in [6.07, 6.45) is 1.79. The number of aromatic nitrogens is 2. The van der Waals surface area contributed by atoms with E-state index in [2.05, 4.69) is 34.8 Å². The summed E-state index contributed by atoms with van der Waals surface area (Å²) >= 11 is 5.74. The Morgan fingerprint density at radius 1 is 1.17 bits per heavy atom. The number of methoxy groups -OCH3 is 1. The van der Waals surface area contributed by atoms with Crippen molar-refractivity contribution in [3.63, 3.8) is 0 Å². The second-order valence-corrected chi connectivity index (χ2v) is 7.84. The molecule has 0 radical (unpaired) electrons. The molecule has 1 fully saturated rings. The van der Waals surface area contributed by atoms with E-state index in [-0.39, 0.29) is 17.8 Å². The summed E-state index contributed by atoms with van der Waals surface area (Å²) in [6, 6.07) is 15.1. The van der Waals surface area contributed by atoms with E-state index >= 15 is 0 Å². The highest BCUT2D eigenvalue weighted by Crippen LogP contribution is 2.45. The molecular formula is C23H26N4O2S. The number of pyridine rings is 1. The summed E-state index contributed by atoms with van der Waals surface area (Å²) in [5.41, 5.74) is 5.05. The van der Waals surface area contributed by atoms with E-state index in [1.165, 1.54) is 0 Å². The Morgan fingerprint density at radius 3 is 2.63 bits per heavy atom. The van der Waals surface area contributed by atoms with Gasteiger partial charge in [0.15, 0.2) is 5.11 Å². The topological polar surface area (TPSA) is 62.5 Å². The predicted octanol–water partition coefficient (Wildman–Crippen LogP) is 4.03. The average molecular weight is 423 g/mol. The largest absolute Gasteiger partial charge is 0.506 e. The van der Waals surface area contributed by atoms with E-state index in [4.69, 9.17) is 17.0 Å². The summed E-state index contributed by atoms with van der Waals surface area (Å²) in [6.45, 7) is 5.65. The molecule has 0 aliphatic carbocycles. The second-order valence-electron chi connectivity index (χ2n) is 7.46.